The molecule has 1 aliphatic rings. The summed E-state index contributed by atoms with van der Waals surface area (Å²) in [6, 6.07) is 20.5. The van der Waals surface area contributed by atoms with Gasteiger partial charge in [0.1, 0.15) is 11.5 Å². The molecule has 1 aliphatic heterocycles. The summed E-state index contributed by atoms with van der Waals surface area (Å²) < 4.78 is 11.1. The number of carbonyl (C=O) groups excluding carboxylic acids is 3. The molecule has 2 amide bonds. The molecule has 31 heavy (non-hydrogen) atoms. The van der Waals surface area contributed by atoms with E-state index in [1.807, 2.05) is 25.1 Å². The van der Waals surface area contributed by atoms with Gasteiger partial charge in [0, 0.05) is 0 Å². The Hall–Kier alpha value is -3.93. The van der Waals surface area contributed by atoms with Crippen molar-refractivity contribution < 1.29 is 23.9 Å². The Morgan fingerprint density at radius 2 is 1.52 bits per heavy atom. The predicted octanol–water partition coefficient (Wildman–Crippen LogP) is 4.42. The van der Waals surface area contributed by atoms with E-state index in [4.69, 9.17) is 9.47 Å². The van der Waals surface area contributed by atoms with E-state index in [0.717, 1.165) is 16.9 Å². The first-order chi connectivity index (χ1) is 15.0. The number of fused-ring (bicyclic) bond motifs is 1. The van der Waals surface area contributed by atoms with Gasteiger partial charge in [0.25, 0.3) is 11.8 Å². The number of hydrogen-bond acceptors (Lipinski definition) is 5. The van der Waals surface area contributed by atoms with Gasteiger partial charge in [0.05, 0.1) is 16.8 Å². The summed E-state index contributed by atoms with van der Waals surface area (Å²) in [4.78, 5) is 38.7. The van der Waals surface area contributed by atoms with Crippen LogP contribution < -0.4 is 14.4 Å². The Balaban J connectivity index is 1.42. The maximum absolute atomic E-state index is 12.6. The van der Waals surface area contributed by atoms with Crippen molar-refractivity contribution in [3.63, 3.8) is 0 Å². The van der Waals surface area contributed by atoms with E-state index in [0.29, 0.717) is 28.3 Å². The molecule has 0 radical (unpaired) electrons. The highest BCUT2D eigenvalue weighted by Gasteiger charge is 2.36. The van der Waals surface area contributed by atoms with Crippen LogP contribution in [0, 0.1) is 0 Å². The first-order valence-electron chi connectivity index (χ1n) is 10.0. The van der Waals surface area contributed by atoms with Crippen molar-refractivity contribution >= 4 is 23.5 Å². The van der Waals surface area contributed by atoms with Gasteiger partial charge in [-0.05, 0) is 67.4 Å². The zero-order valence-corrected chi connectivity index (χ0v) is 17.2. The molecular weight excluding hydrogens is 394 g/mol. The number of hydrogen-bond donors (Lipinski definition) is 0. The topological polar surface area (TPSA) is 72.9 Å². The molecule has 0 fully saturated rings. The maximum atomic E-state index is 12.6. The molecule has 3 aromatic rings. The van der Waals surface area contributed by atoms with Gasteiger partial charge in [0.2, 0.25) is 0 Å². The SMILES string of the molecule is CCc1cccc(OC(C)C(=O)Oc2ccc(N3C(=O)c4ccccc4C3=O)cc2)c1. The van der Waals surface area contributed by atoms with E-state index in [-0.39, 0.29) is 11.8 Å². The number of nitrogens with zero attached hydrogens (tertiary/aromatic N) is 1. The first kappa shape index (κ1) is 20.3. The lowest BCUT2D eigenvalue weighted by molar-refractivity contribution is -0.141. The zero-order valence-electron chi connectivity index (χ0n) is 17.2. The van der Waals surface area contributed by atoms with Crippen LogP contribution in [0.4, 0.5) is 5.69 Å². The number of ether oxygens (including phenoxy) is 2. The molecule has 0 aliphatic carbocycles. The van der Waals surface area contributed by atoms with Crippen molar-refractivity contribution in [2.75, 3.05) is 4.90 Å². The van der Waals surface area contributed by atoms with Gasteiger partial charge in [-0.2, -0.15) is 0 Å². The monoisotopic (exact) mass is 415 g/mol. The number of aryl methyl sites for hydroxylation is 1. The smallest absolute Gasteiger partial charge is 0.352 e. The van der Waals surface area contributed by atoms with Gasteiger partial charge in [-0.15, -0.1) is 0 Å². The second kappa shape index (κ2) is 8.44. The molecule has 1 unspecified atom stereocenters. The molecular formula is C25H21NO5. The standard InChI is InChI=1S/C25H21NO5/c1-3-17-7-6-8-20(15-17)30-16(2)25(29)31-19-13-11-18(12-14-19)26-23(27)21-9-4-5-10-22(21)24(26)28/h4-16H,3H2,1-2H3. The molecule has 0 spiro atoms. The molecule has 156 valence electrons. The molecule has 0 aromatic heterocycles. The lowest BCUT2D eigenvalue weighted by Gasteiger charge is -2.16. The minimum Gasteiger partial charge on any atom is -0.479 e. The summed E-state index contributed by atoms with van der Waals surface area (Å²) in [6.45, 7) is 3.66. The van der Waals surface area contributed by atoms with Crippen LogP contribution >= 0.6 is 0 Å². The fourth-order valence-corrected chi connectivity index (χ4v) is 3.38. The van der Waals surface area contributed by atoms with E-state index in [9.17, 15) is 14.4 Å². The summed E-state index contributed by atoms with van der Waals surface area (Å²) in [7, 11) is 0. The van der Waals surface area contributed by atoms with E-state index < -0.39 is 12.1 Å². The predicted molar refractivity (Wildman–Crippen MR) is 116 cm³/mol. The van der Waals surface area contributed by atoms with Crippen molar-refractivity contribution in [3.05, 3.63) is 89.5 Å². The fourth-order valence-electron chi connectivity index (χ4n) is 3.38. The second-order valence-corrected chi connectivity index (χ2v) is 7.17. The van der Waals surface area contributed by atoms with Crippen LogP contribution in [0.3, 0.4) is 0 Å². The van der Waals surface area contributed by atoms with Gasteiger partial charge < -0.3 is 9.47 Å². The molecule has 0 saturated heterocycles. The summed E-state index contributed by atoms with van der Waals surface area (Å²) in [5.74, 6) is -0.397. The summed E-state index contributed by atoms with van der Waals surface area (Å²) >= 11 is 0. The third kappa shape index (κ3) is 4.05. The molecule has 1 heterocycles. The lowest BCUT2D eigenvalue weighted by Crippen LogP contribution is -2.29. The van der Waals surface area contributed by atoms with Gasteiger partial charge in [-0.25, -0.2) is 9.69 Å². The second-order valence-electron chi connectivity index (χ2n) is 7.17. The van der Waals surface area contributed by atoms with Crippen LogP contribution in [0.15, 0.2) is 72.8 Å². The normalized spacial score (nSPS) is 13.7. The minimum absolute atomic E-state index is 0.295. The van der Waals surface area contributed by atoms with E-state index in [2.05, 4.69) is 0 Å². The van der Waals surface area contributed by atoms with Gasteiger partial charge in [-0.1, -0.05) is 31.2 Å². The van der Waals surface area contributed by atoms with Crippen LogP contribution in [-0.2, 0) is 11.2 Å². The first-order valence-corrected chi connectivity index (χ1v) is 10.0. The number of anilines is 1. The Kier molecular flexibility index (Phi) is 5.54. The van der Waals surface area contributed by atoms with E-state index in [1.54, 1.807) is 61.5 Å². The van der Waals surface area contributed by atoms with E-state index in [1.165, 1.54) is 0 Å². The zero-order chi connectivity index (χ0) is 22.0. The van der Waals surface area contributed by atoms with Gasteiger partial charge >= 0.3 is 5.97 Å². The van der Waals surface area contributed by atoms with E-state index >= 15 is 0 Å². The highest BCUT2D eigenvalue weighted by atomic mass is 16.6. The van der Waals surface area contributed by atoms with Gasteiger partial charge in [-0.3, -0.25) is 9.59 Å². The van der Waals surface area contributed by atoms with Crippen LogP contribution in [-0.4, -0.2) is 23.9 Å². The van der Waals surface area contributed by atoms with Crippen LogP contribution in [0.1, 0.15) is 40.1 Å². The van der Waals surface area contributed by atoms with Crippen molar-refractivity contribution in [1.82, 2.24) is 0 Å². The van der Waals surface area contributed by atoms with Crippen LogP contribution in [0.25, 0.3) is 0 Å². The number of carbonyl (C=O) groups is 3. The Morgan fingerprint density at radius 3 is 2.13 bits per heavy atom. The number of esters is 1. The Labute approximate surface area is 180 Å². The Bertz CT molecular complexity index is 1120. The molecule has 6 nitrogen and oxygen atoms in total. The van der Waals surface area contributed by atoms with Crippen LogP contribution in [0.2, 0.25) is 0 Å². The number of benzene rings is 3. The fraction of sp³-hybridized carbons (Fsp3) is 0.160. The number of imide groups is 1. The molecule has 1 atom stereocenters. The van der Waals surface area contributed by atoms with Crippen molar-refractivity contribution in [3.8, 4) is 11.5 Å². The molecule has 0 N–H and O–H groups in total. The molecule has 0 bridgehead atoms. The summed E-state index contributed by atoms with van der Waals surface area (Å²) in [5.41, 5.74) is 2.27. The molecule has 0 saturated carbocycles. The summed E-state index contributed by atoms with van der Waals surface area (Å²) in [6.07, 6.45) is 0.0678. The molecule has 4 rings (SSSR count). The third-order valence-electron chi connectivity index (χ3n) is 5.06. The summed E-state index contributed by atoms with van der Waals surface area (Å²) in [5, 5.41) is 0. The average molecular weight is 415 g/mol. The number of rotatable bonds is 6. The van der Waals surface area contributed by atoms with Crippen molar-refractivity contribution in [2.24, 2.45) is 0 Å². The third-order valence-corrected chi connectivity index (χ3v) is 5.06. The Morgan fingerprint density at radius 1 is 0.871 bits per heavy atom. The molecule has 6 heteroatoms. The van der Waals surface area contributed by atoms with Crippen LogP contribution in [0.5, 0.6) is 11.5 Å². The lowest BCUT2D eigenvalue weighted by atomic mass is 10.1. The van der Waals surface area contributed by atoms with Crippen molar-refractivity contribution in [2.45, 2.75) is 26.4 Å². The highest BCUT2D eigenvalue weighted by molar-refractivity contribution is 6.34. The molecule has 3 aromatic carbocycles. The van der Waals surface area contributed by atoms with Gasteiger partial charge in [0.15, 0.2) is 6.10 Å². The highest BCUT2D eigenvalue weighted by Crippen LogP contribution is 2.29. The van der Waals surface area contributed by atoms with Crippen molar-refractivity contribution in [1.29, 1.82) is 0 Å². The number of amides is 2. The average Bonchev–Trinajstić information content (AvgIpc) is 3.05. The maximum Gasteiger partial charge on any atom is 0.352 e. The quantitative estimate of drug-likeness (QED) is 0.338. The largest absolute Gasteiger partial charge is 0.479 e. The minimum atomic E-state index is -0.803.